The topological polar surface area (TPSA) is 52.6 Å². The van der Waals surface area contributed by atoms with E-state index in [0.717, 1.165) is 12.8 Å². The van der Waals surface area contributed by atoms with E-state index in [1.807, 2.05) is 6.92 Å². The fraction of sp³-hybridized carbons (Fsp3) is 0.909. The Morgan fingerprint density at radius 2 is 1.71 bits per heavy atom. The Morgan fingerprint density at radius 3 is 2.12 bits per heavy atom. The highest BCUT2D eigenvalue weighted by molar-refractivity contribution is 7.55. The van der Waals surface area contributed by atoms with Gasteiger partial charge in [0.1, 0.15) is 0 Å². The molecule has 6 heteroatoms. The molecule has 0 aliphatic rings. The van der Waals surface area contributed by atoms with Crippen molar-refractivity contribution < 1.29 is 22.8 Å². The predicted octanol–water partition coefficient (Wildman–Crippen LogP) is 3.70. The molecule has 17 heavy (non-hydrogen) atoms. The zero-order chi connectivity index (χ0) is 13.3. The smallest absolute Gasteiger partial charge is 0.307 e. The molecule has 4 nitrogen and oxygen atoms in total. The third-order valence-corrected chi connectivity index (χ3v) is 4.27. The van der Waals surface area contributed by atoms with Crippen LogP contribution in [0.5, 0.6) is 0 Å². The first kappa shape index (κ1) is 16.8. The third kappa shape index (κ3) is 5.75. The second kappa shape index (κ2) is 8.78. The van der Waals surface area contributed by atoms with Crippen LogP contribution in [0.2, 0.25) is 0 Å². The Bertz CT molecular complexity index is 260. The van der Waals surface area contributed by atoms with Crippen molar-refractivity contribution in [3.8, 4) is 0 Å². The highest BCUT2D eigenvalue weighted by atomic mass is 31.2. The maximum Gasteiger partial charge on any atom is 0.372 e. The second-order valence-corrected chi connectivity index (χ2v) is 5.68. The second-order valence-electron chi connectivity index (χ2n) is 3.63. The summed E-state index contributed by atoms with van der Waals surface area (Å²) in [5.74, 6) is -2.84. The predicted molar refractivity (Wildman–Crippen MR) is 64.9 cm³/mol. The molecule has 0 radical (unpaired) electrons. The van der Waals surface area contributed by atoms with Gasteiger partial charge in [-0.05, 0) is 20.3 Å². The van der Waals surface area contributed by atoms with Crippen LogP contribution in [0.1, 0.15) is 46.5 Å². The molecular formula is C11H22FO4P. The van der Waals surface area contributed by atoms with E-state index in [1.54, 1.807) is 13.8 Å². The van der Waals surface area contributed by atoms with Crippen LogP contribution in [0, 0.1) is 0 Å². The molecule has 0 aromatic heterocycles. The van der Waals surface area contributed by atoms with Gasteiger partial charge in [-0.15, -0.1) is 0 Å². The number of ketones is 1. The molecule has 0 saturated carbocycles. The van der Waals surface area contributed by atoms with Gasteiger partial charge in [0.25, 0.3) is 5.91 Å². The van der Waals surface area contributed by atoms with Crippen molar-refractivity contribution in [2.24, 2.45) is 0 Å². The van der Waals surface area contributed by atoms with Crippen molar-refractivity contribution in [1.29, 1.82) is 0 Å². The number of halogens is 1. The summed E-state index contributed by atoms with van der Waals surface area (Å²) in [7, 11) is -3.93. The molecule has 1 atom stereocenters. The Labute approximate surface area is 102 Å². The van der Waals surface area contributed by atoms with E-state index in [4.69, 9.17) is 9.05 Å². The molecule has 0 bridgehead atoms. The van der Waals surface area contributed by atoms with Gasteiger partial charge in [0.15, 0.2) is 5.78 Å². The van der Waals surface area contributed by atoms with E-state index in [1.165, 1.54) is 0 Å². The van der Waals surface area contributed by atoms with Gasteiger partial charge in [-0.3, -0.25) is 9.36 Å². The summed E-state index contributed by atoms with van der Waals surface area (Å²) >= 11 is 0. The highest BCUT2D eigenvalue weighted by Gasteiger charge is 2.40. The molecule has 0 aliphatic heterocycles. The Hall–Kier alpha value is -0.250. The fourth-order valence-electron chi connectivity index (χ4n) is 1.37. The molecule has 0 aliphatic carbocycles. The standard InChI is InChI=1S/C11H22FO4P/c1-4-7-8-9-10(13)11(12)17(14,15-5-2)16-6-3/h11H,4-9H2,1-3H3. The molecule has 0 spiro atoms. The van der Waals surface area contributed by atoms with Crippen molar-refractivity contribution in [2.45, 2.75) is 52.4 Å². The Morgan fingerprint density at radius 1 is 1.18 bits per heavy atom. The van der Waals surface area contributed by atoms with Gasteiger partial charge < -0.3 is 9.05 Å². The summed E-state index contributed by atoms with van der Waals surface area (Å²) in [6, 6.07) is 0. The molecule has 0 aromatic rings. The molecule has 0 heterocycles. The molecule has 0 N–H and O–H groups in total. The van der Waals surface area contributed by atoms with E-state index in [-0.39, 0.29) is 19.6 Å². The number of unbranched alkanes of at least 4 members (excludes halogenated alkanes) is 2. The quantitative estimate of drug-likeness (QED) is 0.448. The first-order valence-corrected chi connectivity index (χ1v) is 7.68. The van der Waals surface area contributed by atoms with Crippen molar-refractivity contribution in [3.63, 3.8) is 0 Å². The van der Waals surface area contributed by atoms with Gasteiger partial charge in [0.05, 0.1) is 13.2 Å². The largest absolute Gasteiger partial charge is 0.372 e. The lowest BCUT2D eigenvalue weighted by Crippen LogP contribution is -2.19. The van der Waals surface area contributed by atoms with Gasteiger partial charge in [0.2, 0.25) is 0 Å². The zero-order valence-corrected chi connectivity index (χ0v) is 11.7. The number of carbonyl (C=O) groups excluding carboxylic acids is 1. The van der Waals surface area contributed by atoms with Gasteiger partial charge in [0, 0.05) is 6.42 Å². The lowest BCUT2D eigenvalue weighted by Gasteiger charge is -2.19. The van der Waals surface area contributed by atoms with Gasteiger partial charge in [-0.25, -0.2) is 4.39 Å². The van der Waals surface area contributed by atoms with Gasteiger partial charge >= 0.3 is 7.60 Å². The first-order chi connectivity index (χ1) is 8.01. The number of Topliss-reactive ketones (excluding diaryl/α,β-unsaturated/α-hetero) is 1. The summed E-state index contributed by atoms with van der Waals surface area (Å²) in [6.07, 6.45) is 2.48. The Kier molecular flexibility index (Phi) is 8.66. The van der Waals surface area contributed by atoms with Crippen LogP contribution in [-0.2, 0) is 18.4 Å². The van der Waals surface area contributed by atoms with E-state index >= 15 is 0 Å². The molecular weight excluding hydrogens is 246 g/mol. The fourth-order valence-corrected chi connectivity index (χ4v) is 2.91. The molecule has 0 aromatic carbocycles. The van der Waals surface area contributed by atoms with Crippen LogP contribution in [0.4, 0.5) is 4.39 Å². The SMILES string of the molecule is CCCCCC(=O)C(F)P(=O)(OCC)OCC. The highest BCUT2D eigenvalue weighted by Crippen LogP contribution is 2.54. The van der Waals surface area contributed by atoms with E-state index in [9.17, 15) is 13.8 Å². The van der Waals surface area contributed by atoms with Crippen LogP contribution in [0.15, 0.2) is 0 Å². The van der Waals surface area contributed by atoms with Crippen LogP contribution < -0.4 is 0 Å². The summed E-state index contributed by atoms with van der Waals surface area (Å²) in [4.78, 5) is 11.5. The minimum Gasteiger partial charge on any atom is -0.307 e. The minimum absolute atomic E-state index is 0.0555. The maximum absolute atomic E-state index is 13.8. The molecule has 1 unspecified atom stereocenters. The van der Waals surface area contributed by atoms with E-state index < -0.39 is 19.3 Å². The summed E-state index contributed by atoms with van der Waals surface area (Å²) < 4.78 is 35.3. The lowest BCUT2D eigenvalue weighted by molar-refractivity contribution is -0.122. The van der Waals surface area contributed by atoms with Crippen molar-refractivity contribution in [2.75, 3.05) is 13.2 Å². The molecule has 0 saturated heterocycles. The maximum atomic E-state index is 13.8. The summed E-state index contributed by atoms with van der Waals surface area (Å²) in [5, 5.41) is 0. The molecule has 0 fully saturated rings. The average Bonchev–Trinajstić information content (AvgIpc) is 2.29. The Balaban J connectivity index is 4.44. The van der Waals surface area contributed by atoms with Crippen molar-refractivity contribution >= 4 is 13.4 Å². The number of carbonyl (C=O) groups is 1. The number of hydrogen-bond donors (Lipinski definition) is 0. The van der Waals surface area contributed by atoms with Gasteiger partial charge in [-0.1, -0.05) is 19.8 Å². The monoisotopic (exact) mass is 268 g/mol. The zero-order valence-electron chi connectivity index (χ0n) is 10.8. The van der Waals surface area contributed by atoms with Crippen molar-refractivity contribution in [3.05, 3.63) is 0 Å². The van der Waals surface area contributed by atoms with Crippen LogP contribution >= 0.6 is 7.60 Å². The molecule has 0 amide bonds. The van der Waals surface area contributed by atoms with E-state index in [0.29, 0.717) is 6.42 Å². The summed E-state index contributed by atoms with van der Waals surface area (Å²) in [6.45, 7) is 5.27. The van der Waals surface area contributed by atoms with Crippen LogP contribution in [-0.4, -0.2) is 24.9 Å². The first-order valence-electron chi connectivity index (χ1n) is 6.07. The van der Waals surface area contributed by atoms with Crippen LogP contribution in [0.3, 0.4) is 0 Å². The van der Waals surface area contributed by atoms with Gasteiger partial charge in [-0.2, -0.15) is 0 Å². The number of alkyl halides is 1. The third-order valence-electron chi connectivity index (χ3n) is 2.19. The van der Waals surface area contributed by atoms with E-state index in [2.05, 4.69) is 0 Å². The summed E-state index contributed by atoms with van der Waals surface area (Å²) in [5.41, 5.74) is 0. The minimum atomic E-state index is -3.93. The normalized spacial score (nSPS) is 13.6. The number of rotatable bonds is 10. The number of hydrogen-bond acceptors (Lipinski definition) is 4. The van der Waals surface area contributed by atoms with Crippen molar-refractivity contribution in [1.82, 2.24) is 0 Å². The van der Waals surface area contributed by atoms with Crippen LogP contribution in [0.25, 0.3) is 0 Å². The molecule has 0 rings (SSSR count). The molecule has 102 valence electrons. The average molecular weight is 268 g/mol. The lowest BCUT2D eigenvalue weighted by atomic mass is 10.1.